The van der Waals surface area contributed by atoms with Crippen molar-refractivity contribution in [2.45, 2.75) is 19.6 Å². The number of rotatable bonds is 1. The molecule has 3 heteroatoms. The lowest BCUT2D eigenvalue weighted by Crippen LogP contribution is -2.16. The number of aldehydes is 1. The Morgan fingerprint density at radius 1 is 1.43 bits per heavy atom. The van der Waals surface area contributed by atoms with Gasteiger partial charge in [-0.2, -0.15) is 0 Å². The van der Waals surface area contributed by atoms with E-state index >= 15 is 0 Å². The van der Waals surface area contributed by atoms with Crippen molar-refractivity contribution in [3.8, 4) is 11.5 Å². The van der Waals surface area contributed by atoms with Gasteiger partial charge in [-0.25, -0.2) is 0 Å². The Kier molecular flexibility index (Phi) is 3.21. The minimum Gasteiger partial charge on any atom is -0.298 e. The predicted molar refractivity (Wildman–Crippen MR) is 59.8 cm³/mol. The summed E-state index contributed by atoms with van der Waals surface area (Å²) in [7, 11) is -1.38. The number of aromatic nitrogens is 1. The van der Waals surface area contributed by atoms with Crippen LogP contribution in [0.25, 0.3) is 0 Å². The van der Waals surface area contributed by atoms with Crippen LogP contribution in [0.2, 0.25) is 19.6 Å². The molecule has 0 fully saturated rings. The van der Waals surface area contributed by atoms with Gasteiger partial charge in [-0.15, -0.1) is 5.54 Å². The van der Waals surface area contributed by atoms with Crippen LogP contribution in [0.5, 0.6) is 0 Å². The van der Waals surface area contributed by atoms with E-state index < -0.39 is 8.07 Å². The normalized spacial score (nSPS) is 10.2. The van der Waals surface area contributed by atoms with Gasteiger partial charge in [0, 0.05) is 18.0 Å². The van der Waals surface area contributed by atoms with Crippen molar-refractivity contribution in [1.29, 1.82) is 0 Å². The molecule has 0 aliphatic heterocycles. The fraction of sp³-hybridized carbons (Fsp3) is 0.273. The minimum absolute atomic E-state index is 0.616. The molecule has 0 N–H and O–H groups in total. The largest absolute Gasteiger partial charge is 0.298 e. The average molecular weight is 203 g/mol. The van der Waals surface area contributed by atoms with Gasteiger partial charge in [-0.1, -0.05) is 25.6 Å². The van der Waals surface area contributed by atoms with E-state index in [1.54, 1.807) is 18.5 Å². The Labute approximate surface area is 85.4 Å². The smallest absolute Gasteiger partial charge is 0.151 e. The maximum Gasteiger partial charge on any atom is 0.151 e. The summed E-state index contributed by atoms with van der Waals surface area (Å²) in [6.07, 6.45) is 4.05. The van der Waals surface area contributed by atoms with E-state index in [0.717, 1.165) is 11.8 Å². The average Bonchev–Trinajstić information content (AvgIpc) is 2.14. The summed E-state index contributed by atoms with van der Waals surface area (Å²) < 4.78 is 0. The molecule has 0 radical (unpaired) electrons. The third-order valence-electron chi connectivity index (χ3n) is 1.55. The molecule has 1 heterocycles. The van der Waals surface area contributed by atoms with Gasteiger partial charge < -0.3 is 0 Å². The number of carbonyl (C=O) groups is 1. The highest BCUT2D eigenvalue weighted by Crippen LogP contribution is 2.03. The zero-order valence-electron chi connectivity index (χ0n) is 8.66. The third-order valence-corrected chi connectivity index (χ3v) is 2.43. The second kappa shape index (κ2) is 4.21. The zero-order valence-corrected chi connectivity index (χ0v) is 9.66. The van der Waals surface area contributed by atoms with Gasteiger partial charge in [0.15, 0.2) is 6.29 Å². The monoisotopic (exact) mass is 203 g/mol. The zero-order chi connectivity index (χ0) is 10.6. The molecule has 0 aliphatic carbocycles. The van der Waals surface area contributed by atoms with Crippen molar-refractivity contribution in [2.75, 3.05) is 0 Å². The first-order valence-corrected chi connectivity index (χ1v) is 7.95. The number of hydrogen-bond donors (Lipinski definition) is 0. The molecular weight excluding hydrogens is 190 g/mol. The summed E-state index contributed by atoms with van der Waals surface area (Å²) in [6.45, 7) is 6.49. The molecule has 0 spiro atoms. The van der Waals surface area contributed by atoms with Crippen LogP contribution in [-0.2, 0) is 0 Å². The van der Waals surface area contributed by atoms with E-state index in [4.69, 9.17) is 0 Å². The van der Waals surface area contributed by atoms with Crippen molar-refractivity contribution < 1.29 is 4.79 Å². The predicted octanol–water partition coefficient (Wildman–Crippen LogP) is 2.12. The topological polar surface area (TPSA) is 30.0 Å². The lowest BCUT2D eigenvalue weighted by Gasteiger charge is -2.03. The Bertz CT molecular complexity index is 396. The summed E-state index contributed by atoms with van der Waals surface area (Å²) in [5, 5.41) is 0. The fourth-order valence-corrected chi connectivity index (χ4v) is 1.38. The van der Waals surface area contributed by atoms with Gasteiger partial charge in [0.1, 0.15) is 8.07 Å². The van der Waals surface area contributed by atoms with E-state index in [1.165, 1.54) is 0 Å². The summed E-state index contributed by atoms with van der Waals surface area (Å²) >= 11 is 0. The van der Waals surface area contributed by atoms with Gasteiger partial charge in [-0.05, 0) is 6.07 Å². The first-order valence-electron chi connectivity index (χ1n) is 4.45. The summed E-state index contributed by atoms with van der Waals surface area (Å²) in [6, 6.07) is 1.68. The van der Waals surface area contributed by atoms with Crippen molar-refractivity contribution in [3.05, 3.63) is 29.6 Å². The second-order valence-corrected chi connectivity index (χ2v) is 8.83. The van der Waals surface area contributed by atoms with Crippen LogP contribution in [0.1, 0.15) is 15.9 Å². The van der Waals surface area contributed by atoms with Gasteiger partial charge in [0.05, 0.1) is 5.56 Å². The number of carbonyl (C=O) groups excluding carboxylic acids is 1. The van der Waals surface area contributed by atoms with E-state index in [-0.39, 0.29) is 0 Å². The van der Waals surface area contributed by atoms with Crippen molar-refractivity contribution in [1.82, 2.24) is 4.98 Å². The SMILES string of the molecule is C[Si](C)(C)C#Cc1cnccc1C=O. The molecule has 0 atom stereocenters. The summed E-state index contributed by atoms with van der Waals surface area (Å²) in [4.78, 5) is 14.6. The van der Waals surface area contributed by atoms with E-state index in [9.17, 15) is 4.79 Å². The maximum absolute atomic E-state index is 10.7. The van der Waals surface area contributed by atoms with E-state index in [0.29, 0.717) is 5.56 Å². The van der Waals surface area contributed by atoms with Crippen LogP contribution in [0.15, 0.2) is 18.5 Å². The van der Waals surface area contributed by atoms with Gasteiger partial charge >= 0.3 is 0 Å². The highest BCUT2D eigenvalue weighted by Gasteiger charge is 2.07. The molecule has 14 heavy (non-hydrogen) atoms. The molecule has 0 amide bonds. The Hall–Kier alpha value is -1.40. The van der Waals surface area contributed by atoms with Crippen LogP contribution in [0, 0.1) is 11.5 Å². The molecule has 1 rings (SSSR count). The number of nitrogens with zero attached hydrogens (tertiary/aromatic N) is 1. The summed E-state index contributed by atoms with van der Waals surface area (Å²) in [5.41, 5.74) is 4.55. The van der Waals surface area contributed by atoms with Crippen LogP contribution in [-0.4, -0.2) is 19.3 Å². The second-order valence-electron chi connectivity index (χ2n) is 4.08. The van der Waals surface area contributed by atoms with Gasteiger partial charge in [-0.3, -0.25) is 9.78 Å². The molecule has 1 aromatic heterocycles. The highest BCUT2D eigenvalue weighted by atomic mass is 28.3. The molecule has 0 aromatic carbocycles. The molecular formula is C11H13NOSi. The van der Waals surface area contributed by atoms with Crippen LogP contribution in [0.3, 0.4) is 0 Å². The molecule has 0 saturated heterocycles. The quantitative estimate of drug-likeness (QED) is 0.397. The number of pyridine rings is 1. The van der Waals surface area contributed by atoms with Gasteiger partial charge in [0.25, 0.3) is 0 Å². The maximum atomic E-state index is 10.7. The van der Waals surface area contributed by atoms with Crippen molar-refractivity contribution in [3.63, 3.8) is 0 Å². The van der Waals surface area contributed by atoms with E-state index in [1.807, 2.05) is 0 Å². The molecule has 0 unspecified atom stereocenters. The third kappa shape index (κ3) is 3.15. The molecule has 1 aromatic rings. The van der Waals surface area contributed by atoms with Crippen LogP contribution < -0.4 is 0 Å². The van der Waals surface area contributed by atoms with E-state index in [2.05, 4.69) is 36.1 Å². The molecule has 0 aliphatic rings. The highest BCUT2D eigenvalue weighted by molar-refractivity contribution is 6.83. The fourth-order valence-electron chi connectivity index (χ4n) is 0.867. The van der Waals surface area contributed by atoms with Crippen molar-refractivity contribution in [2.24, 2.45) is 0 Å². The Morgan fingerprint density at radius 3 is 2.71 bits per heavy atom. The Morgan fingerprint density at radius 2 is 2.14 bits per heavy atom. The van der Waals surface area contributed by atoms with Crippen LogP contribution >= 0.6 is 0 Å². The minimum atomic E-state index is -1.38. The van der Waals surface area contributed by atoms with Crippen molar-refractivity contribution >= 4 is 14.4 Å². The molecule has 72 valence electrons. The molecule has 2 nitrogen and oxygen atoms in total. The first-order chi connectivity index (χ1) is 6.53. The lowest BCUT2D eigenvalue weighted by molar-refractivity contribution is 0.112. The molecule has 0 saturated carbocycles. The van der Waals surface area contributed by atoms with Gasteiger partial charge in [0.2, 0.25) is 0 Å². The standard InChI is InChI=1S/C11H13NOSi/c1-14(2,3)7-5-10-8-12-6-4-11(10)9-13/h4,6,8-9H,1-3H3. The Balaban J connectivity index is 3.06. The summed E-state index contributed by atoms with van der Waals surface area (Å²) in [5.74, 6) is 3.02. The number of hydrogen-bond acceptors (Lipinski definition) is 2. The van der Waals surface area contributed by atoms with Crippen LogP contribution in [0.4, 0.5) is 0 Å². The lowest BCUT2D eigenvalue weighted by atomic mass is 10.2. The molecule has 0 bridgehead atoms. The first kappa shape index (κ1) is 10.7.